The first-order chi connectivity index (χ1) is 13.7. The fraction of sp³-hybridized carbons (Fsp3) is 0.524. The highest BCUT2D eigenvalue weighted by molar-refractivity contribution is 5.50. The first kappa shape index (κ1) is 18.9. The van der Waals surface area contributed by atoms with Gasteiger partial charge in [0.15, 0.2) is 11.6 Å². The average Bonchev–Trinajstić information content (AvgIpc) is 2.75. The average molecular weight is 385 g/mol. The Bertz CT molecular complexity index is 788. The van der Waals surface area contributed by atoms with E-state index in [1.54, 1.807) is 18.5 Å². The van der Waals surface area contributed by atoms with Gasteiger partial charge in [0.25, 0.3) is 0 Å². The van der Waals surface area contributed by atoms with Crippen molar-refractivity contribution in [1.82, 2.24) is 14.9 Å². The minimum absolute atomic E-state index is 0.293. The Balaban J connectivity index is 1.34. The second-order valence-electron chi connectivity index (χ2n) is 7.51. The van der Waals surface area contributed by atoms with Gasteiger partial charge in [-0.2, -0.15) is 0 Å². The van der Waals surface area contributed by atoms with Crippen LogP contribution >= 0.6 is 0 Å². The van der Waals surface area contributed by atoms with Crippen LogP contribution in [0.5, 0.6) is 5.75 Å². The highest BCUT2D eigenvalue weighted by Crippen LogP contribution is 2.23. The Hall–Kier alpha value is -2.41. The number of piperazine rings is 1. The molecule has 2 fully saturated rings. The third-order valence-electron chi connectivity index (χ3n) is 5.64. The number of hydrogen-bond donors (Lipinski definition) is 0. The molecule has 0 spiro atoms. The fourth-order valence-corrected chi connectivity index (χ4v) is 4.01. The predicted molar refractivity (Wildman–Crippen MR) is 109 cm³/mol. The Morgan fingerprint density at radius 1 is 0.893 bits per heavy atom. The molecular formula is C21H28FN5O. The summed E-state index contributed by atoms with van der Waals surface area (Å²) in [6, 6.07) is 7.33. The van der Waals surface area contributed by atoms with Crippen LogP contribution in [0, 0.1) is 5.82 Å². The second-order valence-corrected chi connectivity index (χ2v) is 7.51. The van der Waals surface area contributed by atoms with Crippen molar-refractivity contribution in [3.63, 3.8) is 0 Å². The van der Waals surface area contributed by atoms with Crippen LogP contribution in [-0.4, -0.2) is 61.2 Å². The molecule has 0 unspecified atom stereocenters. The summed E-state index contributed by atoms with van der Waals surface area (Å²) in [5.74, 6) is 2.04. The molecule has 4 rings (SSSR count). The van der Waals surface area contributed by atoms with Crippen molar-refractivity contribution in [1.29, 1.82) is 0 Å². The first-order valence-electron chi connectivity index (χ1n) is 10.1. The van der Waals surface area contributed by atoms with Gasteiger partial charge in [-0.3, -0.25) is 4.90 Å². The molecule has 0 saturated carbocycles. The van der Waals surface area contributed by atoms with E-state index >= 15 is 0 Å². The number of nitrogens with zero attached hydrogens (tertiary/aromatic N) is 5. The third-order valence-corrected chi connectivity index (χ3v) is 5.64. The summed E-state index contributed by atoms with van der Waals surface area (Å²) in [5.41, 5.74) is 0.973. The monoisotopic (exact) mass is 385 g/mol. The van der Waals surface area contributed by atoms with E-state index in [1.165, 1.54) is 26.4 Å². The second kappa shape index (κ2) is 8.73. The van der Waals surface area contributed by atoms with E-state index in [-0.39, 0.29) is 5.82 Å². The summed E-state index contributed by atoms with van der Waals surface area (Å²) in [6.07, 6.45) is 5.48. The Morgan fingerprint density at radius 3 is 2.21 bits per heavy atom. The van der Waals surface area contributed by atoms with E-state index in [2.05, 4.69) is 30.7 Å². The summed E-state index contributed by atoms with van der Waals surface area (Å²) in [5, 5.41) is 0. The Morgan fingerprint density at radius 2 is 1.57 bits per heavy atom. The van der Waals surface area contributed by atoms with E-state index in [9.17, 15) is 4.39 Å². The summed E-state index contributed by atoms with van der Waals surface area (Å²) < 4.78 is 18.9. The molecular weight excluding hydrogens is 357 g/mol. The van der Waals surface area contributed by atoms with Crippen LogP contribution in [0.1, 0.15) is 24.8 Å². The molecule has 2 aliphatic rings. The van der Waals surface area contributed by atoms with Crippen molar-refractivity contribution in [2.75, 3.05) is 56.2 Å². The number of aromatic nitrogens is 2. The van der Waals surface area contributed by atoms with Gasteiger partial charge >= 0.3 is 0 Å². The SMILES string of the molecule is COc1ccc(CN2CCN(c3cc(N4CCCCC4)ncn3)CC2)cc1F. The number of halogens is 1. The summed E-state index contributed by atoms with van der Waals surface area (Å²) in [7, 11) is 1.49. The maximum Gasteiger partial charge on any atom is 0.165 e. The van der Waals surface area contributed by atoms with Crippen LogP contribution in [0.25, 0.3) is 0 Å². The van der Waals surface area contributed by atoms with Gasteiger partial charge in [-0.15, -0.1) is 0 Å². The van der Waals surface area contributed by atoms with Gasteiger partial charge in [0.2, 0.25) is 0 Å². The normalized spacial score (nSPS) is 18.4. The topological polar surface area (TPSA) is 44.7 Å². The van der Waals surface area contributed by atoms with Crippen LogP contribution in [0.15, 0.2) is 30.6 Å². The predicted octanol–water partition coefficient (Wildman–Crippen LogP) is 2.94. The first-order valence-corrected chi connectivity index (χ1v) is 10.1. The lowest BCUT2D eigenvalue weighted by molar-refractivity contribution is 0.249. The van der Waals surface area contributed by atoms with Gasteiger partial charge in [0.1, 0.15) is 18.0 Å². The van der Waals surface area contributed by atoms with E-state index in [4.69, 9.17) is 4.74 Å². The molecule has 28 heavy (non-hydrogen) atoms. The summed E-state index contributed by atoms with van der Waals surface area (Å²) in [4.78, 5) is 16.0. The zero-order chi connectivity index (χ0) is 19.3. The molecule has 0 bridgehead atoms. The quantitative estimate of drug-likeness (QED) is 0.789. The molecule has 0 N–H and O–H groups in total. The van der Waals surface area contributed by atoms with Crippen molar-refractivity contribution in [2.24, 2.45) is 0 Å². The summed E-state index contributed by atoms with van der Waals surface area (Å²) >= 11 is 0. The molecule has 2 saturated heterocycles. The molecule has 2 aliphatic heterocycles. The number of methoxy groups -OCH3 is 1. The number of benzene rings is 1. The number of piperidine rings is 1. The van der Waals surface area contributed by atoms with Gasteiger partial charge in [0, 0.05) is 51.9 Å². The van der Waals surface area contributed by atoms with Gasteiger partial charge in [-0.25, -0.2) is 14.4 Å². The van der Waals surface area contributed by atoms with Gasteiger partial charge < -0.3 is 14.5 Å². The number of hydrogen-bond acceptors (Lipinski definition) is 6. The minimum atomic E-state index is -0.301. The van der Waals surface area contributed by atoms with Crippen LogP contribution in [0.4, 0.5) is 16.0 Å². The Kier molecular flexibility index (Phi) is 5.90. The van der Waals surface area contributed by atoms with Crippen LogP contribution in [0.3, 0.4) is 0 Å². The maximum atomic E-state index is 13.9. The zero-order valence-corrected chi connectivity index (χ0v) is 16.5. The fourth-order valence-electron chi connectivity index (χ4n) is 4.01. The molecule has 0 atom stereocenters. The lowest BCUT2D eigenvalue weighted by Crippen LogP contribution is -2.46. The lowest BCUT2D eigenvalue weighted by Gasteiger charge is -2.36. The van der Waals surface area contributed by atoms with Gasteiger partial charge in [-0.05, 0) is 37.0 Å². The largest absolute Gasteiger partial charge is 0.494 e. The number of ether oxygens (including phenoxy) is 1. The number of anilines is 2. The van der Waals surface area contributed by atoms with E-state index in [0.717, 1.165) is 63.0 Å². The molecule has 6 nitrogen and oxygen atoms in total. The molecule has 3 heterocycles. The van der Waals surface area contributed by atoms with Crippen molar-refractivity contribution < 1.29 is 9.13 Å². The van der Waals surface area contributed by atoms with Gasteiger partial charge in [0.05, 0.1) is 7.11 Å². The highest BCUT2D eigenvalue weighted by Gasteiger charge is 2.20. The van der Waals surface area contributed by atoms with E-state index < -0.39 is 0 Å². The van der Waals surface area contributed by atoms with Crippen LogP contribution < -0.4 is 14.5 Å². The summed E-state index contributed by atoms with van der Waals surface area (Å²) in [6.45, 7) is 6.60. The molecule has 1 aromatic heterocycles. The van der Waals surface area contributed by atoms with Crippen LogP contribution in [-0.2, 0) is 6.54 Å². The molecule has 0 radical (unpaired) electrons. The minimum Gasteiger partial charge on any atom is -0.494 e. The number of rotatable bonds is 5. The van der Waals surface area contributed by atoms with E-state index in [1.807, 2.05) is 6.07 Å². The van der Waals surface area contributed by atoms with Crippen molar-refractivity contribution >= 4 is 11.6 Å². The van der Waals surface area contributed by atoms with Gasteiger partial charge in [-0.1, -0.05) is 6.07 Å². The molecule has 0 aliphatic carbocycles. The molecule has 2 aromatic rings. The van der Waals surface area contributed by atoms with Crippen molar-refractivity contribution in [3.8, 4) is 5.75 Å². The third kappa shape index (κ3) is 4.35. The maximum absolute atomic E-state index is 13.9. The molecule has 7 heteroatoms. The van der Waals surface area contributed by atoms with Crippen molar-refractivity contribution in [2.45, 2.75) is 25.8 Å². The molecule has 0 amide bonds. The van der Waals surface area contributed by atoms with Crippen LogP contribution in [0.2, 0.25) is 0 Å². The van der Waals surface area contributed by atoms with Crippen molar-refractivity contribution in [3.05, 3.63) is 42.0 Å². The molecule has 1 aromatic carbocycles. The smallest absolute Gasteiger partial charge is 0.165 e. The standard InChI is InChI=1S/C21H28FN5O/c1-28-19-6-5-17(13-18(19)22)15-25-9-11-27(12-10-25)21-14-20(23-16-24-21)26-7-3-2-4-8-26/h5-6,13-14,16H,2-4,7-12,15H2,1H3. The zero-order valence-electron chi connectivity index (χ0n) is 16.5. The van der Waals surface area contributed by atoms with E-state index in [0.29, 0.717) is 5.75 Å². The molecule has 150 valence electrons. The lowest BCUT2D eigenvalue weighted by atomic mass is 10.1. The highest BCUT2D eigenvalue weighted by atomic mass is 19.1. The Labute approximate surface area is 165 Å².